The largest absolute Gasteiger partial charge is 0.369 e. The van der Waals surface area contributed by atoms with Crippen molar-refractivity contribution in [1.29, 1.82) is 0 Å². The van der Waals surface area contributed by atoms with Crippen molar-refractivity contribution in [3.8, 4) is 5.69 Å². The average Bonchev–Trinajstić information content (AvgIpc) is 2.72. The van der Waals surface area contributed by atoms with Crippen LogP contribution in [0, 0.1) is 11.6 Å². The van der Waals surface area contributed by atoms with Crippen molar-refractivity contribution in [1.82, 2.24) is 9.55 Å². The minimum Gasteiger partial charge on any atom is -0.369 e. The first-order chi connectivity index (χ1) is 9.49. The van der Waals surface area contributed by atoms with Crippen molar-refractivity contribution in [2.45, 2.75) is 0 Å². The first kappa shape index (κ1) is 13.3. The number of nitrogens with zero attached hydrogens (tertiary/aromatic N) is 2. The van der Waals surface area contributed by atoms with E-state index < -0.39 is 11.6 Å². The third kappa shape index (κ3) is 1.96. The maximum absolute atomic E-state index is 14.0. The molecule has 3 aromatic rings. The van der Waals surface area contributed by atoms with Gasteiger partial charge in [0.15, 0.2) is 0 Å². The molecule has 3 nitrogen and oxygen atoms in total. The van der Waals surface area contributed by atoms with Gasteiger partial charge in [0.25, 0.3) is 0 Å². The summed E-state index contributed by atoms with van der Waals surface area (Å²) in [6.07, 6.45) is 0. The maximum atomic E-state index is 14.0. The molecule has 0 amide bonds. The van der Waals surface area contributed by atoms with E-state index in [1.165, 1.54) is 10.6 Å². The molecule has 20 heavy (non-hydrogen) atoms. The molecule has 0 saturated carbocycles. The highest BCUT2D eigenvalue weighted by Crippen LogP contribution is 2.31. The number of hydrogen-bond acceptors (Lipinski definition) is 2. The first-order valence-electron chi connectivity index (χ1n) is 5.56. The Hall–Kier alpha value is -1.66. The van der Waals surface area contributed by atoms with Crippen molar-refractivity contribution < 1.29 is 8.78 Å². The molecule has 7 heteroatoms. The first-order valence-corrected chi connectivity index (χ1v) is 6.73. The topological polar surface area (TPSA) is 43.8 Å². The summed E-state index contributed by atoms with van der Waals surface area (Å²) in [5.74, 6) is -1.35. The van der Waals surface area contributed by atoms with E-state index >= 15 is 0 Å². The molecule has 0 saturated heterocycles. The molecule has 1 aromatic heterocycles. The van der Waals surface area contributed by atoms with Gasteiger partial charge in [-0.15, -0.1) is 0 Å². The normalized spacial score (nSPS) is 11.2. The molecule has 2 aromatic carbocycles. The lowest BCUT2D eigenvalue weighted by Crippen LogP contribution is -2.03. The molecule has 3 rings (SSSR count). The van der Waals surface area contributed by atoms with Crippen LogP contribution in [0.3, 0.4) is 0 Å². The molecule has 0 unspecified atom stereocenters. The highest BCUT2D eigenvalue weighted by molar-refractivity contribution is 9.10. The van der Waals surface area contributed by atoms with E-state index in [2.05, 4.69) is 20.9 Å². The monoisotopic (exact) mass is 357 g/mol. The molecule has 0 fully saturated rings. The number of nitrogens with two attached hydrogens (primary N) is 1. The second kappa shape index (κ2) is 4.71. The van der Waals surface area contributed by atoms with Gasteiger partial charge in [-0.05, 0) is 34.1 Å². The van der Waals surface area contributed by atoms with Gasteiger partial charge in [0.2, 0.25) is 5.95 Å². The van der Waals surface area contributed by atoms with E-state index in [0.717, 1.165) is 6.07 Å². The molecule has 0 bridgehead atoms. The molecule has 0 spiro atoms. The van der Waals surface area contributed by atoms with Gasteiger partial charge in [-0.2, -0.15) is 0 Å². The molecule has 0 aliphatic carbocycles. The van der Waals surface area contributed by atoms with Crippen LogP contribution in [0.25, 0.3) is 16.7 Å². The van der Waals surface area contributed by atoms with Crippen LogP contribution >= 0.6 is 27.5 Å². The van der Waals surface area contributed by atoms with Gasteiger partial charge in [-0.25, -0.2) is 13.8 Å². The van der Waals surface area contributed by atoms with Crippen LogP contribution in [0.2, 0.25) is 5.02 Å². The lowest BCUT2D eigenvalue weighted by atomic mass is 10.2. The number of benzene rings is 2. The lowest BCUT2D eigenvalue weighted by Gasteiger charge is -2.09. The van der Waals surface area contributed by atoms with Crippen LogP contribution in [0.4, 0.5) is 14.7 Å². The number of fused-ring (bicyclic) bond motifs is 1. The zero-order chi connectivity index (χ0) is 14.4. The van der Waals surface area contributed by atoms with E-state index in [-0.39, 0.29) is 16.1 Å². The minimum atomic E-state index is -0.739. The Morgan fingerprint density at radius 1 is 1.20 bits per heavy atom. The Kier molecular flexibility index (Phi) is 3.14. The SMILES string of the molecule is Nc1nc2c(Cl)cccc2n1-c1cc(Br)c(F)cc1F. The fourth-order valence-corrected chi connectivity index (χ4v) is 2.56. The number of rotatable bonds is 1. The second-order valence-corrected chi connectivity index (χ2v) is 5.39. The predicted octanol–water partition coefficient (Wildman–Crippen LogP) is 4.30. The lowest BCUT2D eigenvalue weighted by molar-refractivity contribution is 0.574. The number of halogens is 4. The number of nitrogen functional groups attached to an aromatic ring is 1. The fraction of sp³-hybridized carbons (Fsp3) is 0. The molecular formula is C13H7BrClF2N3. The van der Waals surface area contributed by atoms with Crippen LogP contribution in [0.1, 0.15) is 0 Å². The predicted molar refractivity (Wildman–Crippen MR) is 78.1 cm³/mol. The van der Waals surface area contributed by atoms with E-state index in [4.69, 9.17) is 17.3 Å². The van der Waals surface area contributed by atoms with Crippen molar-refractivity contribution in [2.24, 2.45) is 0 Å². The van der Waals surface area contributed by atoms with Crippen molar-refractivity contribution >= 4 is 44.5 Å². The zero-order valence-electron chi connectivity index (χ0n) is 9.87. The molecular weight excluding hydrogens is 352 g/mol. The van der Waals surface area contributed by atoms with E-state index in [1.807, 2.05) is 0 Å². The van der Waals surface area contributed by atoms with Crippen molar-refractivity contribution in [3.05, 3.63) is 51.5 Å². The number of imidazole rings is 1. The third-order valence-electron chi connectivity index (χ3n) is 2.89. The highest BCUT2D eigenvalue weighted by Gasteiger charge is 2.17. The molecule has 0 aliphatic heterocycles. The fourth-order valence-electron chi connectivity index (χ4n) is 2.02. The summed E-state index contributed by atoms with van der Waals surface area (Å²) < 4.78 is 28.8. The summed E-state index contributed by atoms with van der Waals surface area (Å²) in [7, 11) is 0. The van der Waals surface area contributed by atoms with Crippen LogP contribution in [-0.4, -0.2) is 9.55 Å². The number of para-hydroxylation sites is 1. The smallest absolute Gasteiger partial charge is 0.206 e. The Morgan fingerprint density at radius 2 is 1.95 bits per heavy atom. The van der Waals surface area contributed by atoms with Gasteiger partial charge < -0.3 is 5.73 Å². The van der Waals surface area contributed by atoms with E-state index in [0.29, 0.717) is 16.1 Å². The molecule has 2 N–H and O–H groups in total. The summed E-state index contributed by atoms with van der Waals surface area (Å²) in [6.45, 7) is 0. The summed E-state index contributed by atoms with van der Waals surface area (Å²) in [5.41, 5.74) is 6.94. The summed E-state index contributed by atoms with van der Waals surface area (Å²) >= 11 is 9.06. The maximum Gasteiger partial charge on any atom is 0.206 e. The van der Waals surface area contributed by atoms with Gasteiger partial charge in [0.1, 0.15) is 17.2 Å². The van der Waals surface area contributed by atoms with Crippen LogP contribution in [0.15, 0.2) is 34.8 Å². The molecule has 0 aliphatic rings. The van der Waals surface area contributed by atoms with E-state index in [1.54, 1.807) is 18.2 Å². The van der Waals surface area contributed by atoms with E-state index in [9.17, 15) is 8.78 Å². The second-order valence-electron chi connectivity index (χ2n) is 4.13. The Labute approximate surface area is 126 Å². The zero-order valence-corrected chi connectivity index (χ0v) is 12.2. The summed E-state index contributed by atoms with van der Waals surface area (Å²) in [4.78, 5) is 4.12. The van der Waals surface area contributed by atoms with Crippen molar-refractivity contribution in [3.63, 3.8) is 0 Å². The van der Waals surface area contributed by atoms with Crippen LogP contribution in [0.5, 0.6) is 0 Å². The quantitative estimate of drug-likeness (QED) is 0.659. The molecule has 0 atom stereocenters. The van der Waals surface area contributed by atoms with Gasteiger partial charge in [-0.3, -0.25) is 4.57 Å². The van der Waals surface area contributed by atoms with Gasteiger partial charge in [0.05, 0.1) is 20.7 Å². The Balaban J connectivity index is 2.38. The molecule has 1 heterocycles. The summed E-state index contributed by atoms with van der Waals surface area (Å²) in [5, 5.41) is 0.412. The van der Waals surface area contributed by atoms with Crippen LogP contribution in [-0.2, 0) is 0 Å². The molecule has 0 radical (unpaired) electrons. The number of hydrogen-bond donors (Lipinski definition) is 1. The number of anilines is 1. The van der Waals surface area contributed by atoms with Crippen LogP contribution < -0.4 is 5.73 Å². The standard InChI is InChI=1S/C13H7BrClF2N3/c14-6-4-11(9(17)5-8(6)16)20-10-3-1-2-7(15)12(10)19-13(20)18/h1-5H,(H2,18,19). The van der Waals surface area contributed by atoms with Crippen molar-refractivity contribution in [2.75, 3.05) is 5.73 Å². The molecule has 102 valence electrons. The number of aromatic nitrogens is 2. The van der Waals surface area contributed by atoms with Gasteiger partial charge in [-0.1, -0.05) is 17.7 Å². The average molecular weight is 359 g/mol. The summed E-state index contributed by atoms with van der Waals surface area (Å²) in [6, 6.07) is 7.18. The Bertz CT molecular complexity index is 832. The highest BCUT2D eigenvalue weighted by atomic mass is 79.9. The third-order valence-corrected chi connectivity index (χ3v) is 3.81. The van der Waals surface area contributed by atoms with Gasteiger partial charge in [0, 0.05) is 6.07 Å². The minimum absolute atomic E-state index is 0.0745. The Morgan fingerprint density at radius 3 is 2.70 bits per heavy atom. The van der Waals surface area contributed by atoms with Gasteiger partial charge >= 0.3 is 0 Å².